The molecule has 0 saturated heterocycles. The molecular formula is C11H5BrClFOS. The van der Waals surface area contributed by atoms with Gasteiger partial charge in [-0.3, -0.25) is 4.79 Å². The van der Waals surface area contributed by atoms with E-state index in [1.54, 1.807) is 11.4 Å². The van der Waals surface area contributed by atoms with Crippen molar-refractivity contribution in [3.63, 3.8) is 0 Å². The van der Waals surface area contributed by atoms with Crippen LogP contribution in [0.15, 0.2) is 34.1 Å². The van der Waals surface area contributed by atoms with Crippen molar-refractivity contribution in [3.05, 3.63) is 55.4 Å². The van der Waals surface area contributed by atoms with Gasteiger partial charge in [-0.2, -0.15) is 0 Å². The van der Waals surface area contributed by atoms with Crippen LogP contribution in [0.5, 0.6) is 0 Å². The van der Waals surface area contributed by atoms with E-state index in [-0.39, 0.29) is 10.8 Å². The topological polar surface area (TPSA) is 17.1 Å². The summed E-state index contributed by atoms with van der Waals surface area (Å²) in [6.45, 7) is 0. The average Bonchev–Trinajstić information content (AvgIpc) is 2.63. The number of rotatable bonds is 2. The minimum absolute atomic E-state index is 0.130. The summed E-state index contributed by atoms with van der Waals surface area (Å²) < 4.78 is 13.6. The summed E-state index contributed by atoms with van der Waals surface area (Å²) in [5, 5.41) is 1.93. The second kappa shape index (κ2) is 4.65. The summed E-state index contributed by atoms with van der Waals surface area (Å²) in [6, 6.07) is 5.54. The Balaban J connectivity index is 2.46. The van der Waals surface area contributed by atoms with Crippen LogP contribution in [0.2, 0.25) is 5.02 Å². The zero-order valence-electron chi connectivity index (χ0n) is 7.84. The van der Waals surface area contributed by atoms with E-state index >= 15 is 0 Å². The molecule has 1 nitrogen and oxygen atoms in total. The molecule has 2 aromatic rings. The van der Waals surface area contributed by atoms with Crippen molar-refractivity contribution in [3.8, 4) is 0 Å². The van der Waals surface area contributed by atoms with E-state index in [0.717, 1.165) is 10.5 Å². The second-order valence-corrected chi connectivity index (χ2v) is 5.23. The number of ketones is 1. The van der Waals surface area contributed by atoms with Gasteiger partial charge in [-0.05, 0) is 45.6 Å². The highest BCUT2D eigenvalue weighted by Gasteiger charge is 2.17. The zero-order valence-corrected chi connectivity index (χ0v) is 11.0. The first-order valence-corrected chi connectivity index (χ1v) is 6.37. The second-order valence-electron chi connectivity index (χ2n) is 3.05. The van der Waals surface area contributed by atoms with Crippen LogP contribution in [0.25, 0.3) is 0 Å². The molecule has 1 aromatic heterocycles. The lowest BCUT2D eigenvalue weighted by Crippen LogP contribution is -2.00. The number of hydrogen-bond acceptors (Lipinski definition) is 2. The number of carbonyl (C=O) groups is 1. The number of halogens is 3. The molecule has 16 heavy (non-hydrogen) atoms. The van der Waals surface area contributed by atoms with Gasteiger partial charge in [-0.15, -0.1) is 11.3 Å². The molecule has 5 heteroatoms. The smallest absolute Gasteiger partial charge is 0.205 e. The molecule has 0 saturated carbocycles. The normalized spacial score (nSPS) is 10.4. The fourth-order valence-electron chi connectivity index (χ4n) is 1.25. The van der Waals surface area contributed by atoms with Crippen molar-refractivity contribution < 1.29 is 9.18 Å². The highest BCUT2D eigenvalue weighted by atomic mass is 79.9. The molecule has 0 bridgehead atoms. The molecule has 2 rings (SSSR count). The lowest BCUT2D eigenvalue weighted by atomic mass is 10.1. The third kappa shape index (κ3) is 2.19. The molecule has 1 heterocycles. The lowest BCUT2D eigenvalue weighted by molar-refractivity contribution is 0.104. The van der Waals surface area contributed by atoms with E-state index < -0.39 is 5.82 Å². The zero-order chi connectivity index (χ0) is 11.7. The fraction of sp³-hybridized carbons (Fsp3) is 0. The van der Waals surface area contributed by atoms with Gasteiger partial charge in [-0.25, -0.2) is 4.39 Å². The van der Waals surface area contributed by atoms with Crippen molar-refractivity contribution in [1.82, 2.24) is 0 Å². The van der Waals surface area contributed by atoms with Crippen LogP contribution >= 0.6 is 38.9 Å². The number of carbonyl (C=O) groups excluding carboxylic acids is 1. The maximum absolute atomic E-state index is 12.8. The van der Waals surface area contributed by atoms with Gasteiger partial charge in [0.25, 0.3) is 0 Å². The van der Waals surface area contributed by atoms with Crippen LogP contribution in [-0.4, -0.2) is 5.78 Å². The van der Waals surface area contributed by atoms with E-state index in [2.05, 4.69) is 15.9 Å². The van der Waals surface area contributed by atoms with E-state index in [4.69, 9.17) is 11.6 Å². The predicted octanol–water partition coefficient (Wildman–Crippen LogP) is 4.53. The highest BCUT2D eigenvalue weighted by molar-refractivity contribution is 9.10. The highest BCUT2D eigenvalue weighted by Crippen LogP contribution is 2.28. The Labute approximate surface area is 109 Å². The summed E-state index contributed by atoms with van der Waals surface area (Å²) >= 11 is 10.4. The summed E-state index contributed by atoms with van der Waals surface area (Å²) in [4.78, 5) is 12.6. The van der Waals surface area contributed by atoms with Gasteiger partial charge >= 0.3 is 0 Å². The third-order valence-corrected chi connectivity index (χ3v) is 4.15. The van der Waals surface area contributed by atoms with Crippen molar-refractivity contribution in [2.24, 2.45) is 0 Å². The van der Waals surface area contributed by atoms with Crippen LogP contribution in [0.1, 0.15) is 15.2 Å². The summed E-state index contributed by atoms with van der Waals surface area (Å²) in [5.41, 5.74) is 0.311. The van der Waals surface area contributed by atoms with E-state index in [0.29, 0.717) is 10.4 Å². The van der Waals surface area contributed by atoms with Crippen molar-refractivity contribution in [1.29, 1.82) is 0 Å². The van der Waals surface area contributed by atoms with Crippen molar-refractivity contribution >= 4 is 44.7 Å². The number of thiophene rings is 1. The van der Waals surface area contributed by atoms with Gasteiger partial charge < -0.3 is 0 Å². The molecule has 0 aliphatic heterocycles. The van der Waals surface area contributed by atoms with Crippen LogP contribution in [-0.2, 0) is 0 Å². The van der Waals surface area contributed by atoms with Crippen LogP contribution in [0, 0.1) is 5.82 Å². The molecule has 0 atom stereocenters. The van der Waals surface area contributed by atoms with E-state index in [1.807, 2.05) is 0 Å². The summed E-state index contributed by atoms with van der Waals surface area (Å²) in [5.74, 6) is -0.654. The Morgan fingerprint density at radius 1 is 1.38 bits per heavy atom. The van der Waals surface area contributed by atoms with E-state index in [9.17, 15) is 9.18 Å². The van der Waals surface area contributed by atoms with Gasteiger partial charge in [0.2, 0.25) is 5.78 Å². The molecule has 0 unspecified atom stereocenters. The molecule has 0 aliphatic carbocycles. The summed E-state index contributed by atoms with van der Waals surface area (Å²) in [6.07, 6.45) is 0. The van der Waals surface area contributed by atoms with Crippen molar-refractivity contribution in [2.75, 3.05) is 0 Å². The first kappa shape index (κ1) is 11.8. The molecule has 0 N–H and O–H groups in total. The fourth-order valence-corrected chi connectivity index (χ4v) is 3.01. The van der Waals surface area contributed by atoms with Crippen molar-refractivity contribution in [2.45, 2.75) is 0 Å². The Morgan fingerprint density at radius 3 is 2.69 bits per heavy atom. The molecule has 1 aromatic carbocycles. The van der Waals surface area contributed by atoms with Crippen LogP contribution in [0.3, 0.4) is 0 Å². The third-order valence-electron chi connectivity index (χ3n) is 2.00. The number of benzene rings is 1. The molecule has 0 aliphatic rings. The average molecular weight is 320 g/mol. The largest absolute Gasteiger partial charge is 0.288 e. The Bertz CT molecular complexity index is 553. The number of hydrogen-bond donors (Lipinski definition) is 0. The molecule has 0 amide bonds. The first-order chi connectivity index (χ1) is 7.59. The summed E-state index contributed by atoms with van der Waals surface area (Å²) in [7, 11) is 0. The first-order valence-electron chi connectivity index (χ1n) is 4.32. The maximum atomic E-state index is 12.8. The maximum Gasteiger partial charge on any atom is 0.205 e. The monoisotopic (exact) mass is 318 g/mol. The van der Waals surface area contributed by atoms with Gasteiger partial charge in [0, 0.05) is 10.0 Å². The lowest BCUT2D eigenvalue weighted by Gasteiger charge is -2.02. The Morgan fingerprint density at radius 2 is 2.12 bits per heavy atom. The molecule has 0 spiro atoms. The van der Waals surface area contributed by atoms with Crippen LogP contribution < -0.4 is 0 Å². The quantitative estimate of drug-likeness (QED) is 0.743. The van der Waals surface area contributed by atoms with E-state index in [1.165, 1.54) is 23.5 Å². The van der Waals surface area contributed by atoms with Gasteiger partial charge in [0.05, 0.1) is 9.90 Å². The molecule has 82 valence electrons. The Kier molecular flexibility index (Phi) is 3.42. The minimum atomic E-state index is -0.452. The van der Waals surface area contributed by atoms with Gasteiger partial charge in [-0.1, -0.05) is 11.6 Å². The van der Waals surface area contributed by atoms with Gasteiger partial charge in [0.15, 0.2) is 0 Å². The molecule has 0 fully saturated rings. The van der Waals surface area contributed by atoms with Crippen LogP contribution in [0.4, 0.5) is 4.39 Å². The Hall–Kier alpha value is -0.710. The SMILES string of the molecule is O=C(c1ccc(F)cc1Cl)c1sccc1Br. The van der Waals surface area contributed by atoms with Gasteiger partial charge in [0.1, 0.15) is 5.82 Å². The predicted molar refractivity (Wildman–Crippen MR) is 66.9 cm³/mol. The minimum Gasteiger partial charge on any atom is -0.288 e. The molecule has 0 radical (unpaired) electrons. The molecular weight excluding hydrogens is 315 g/mol. The standard InChI is InChI=1S/C11H5BrClFOS/c12-8-3-4-16-11(8)10(15)7-2-1-6(14)5-9(7)13/h1-5H.